The molecule has 0 saturated carbocycles. The number of nitrogens with zero attached hydrogens (tertiary/aromatic N) is 2. The van der Waals surface area contributed by atoms with Crippen molar-refractivity contribution in [2.24, 2.45) is 5.92 Å². The number of thiocarbonyl (C=S) groups is 1. The molecular weight excluding hydrogens is 362 g/mol. The number of hydrazine groups is 1. The summed E-state index contributed by atoms with van der Waals surface area (Å²) in [5.74, 6) is -1.24. The smallest absolute Gasteiger partial charge is 0.255 e. The van der Waals surface area contributed by atoms with E-state index in [0.717, 1.165) is 12.2 Å². The quantitative estimate of drug-likeness (QED) is 0.362. The number of carbonyl (C=O) groups is 1. The lowest BCUT2D eigenvalue weighted by atomic mass is 10.1. The first-order chi connectivity index (χ1) is 11.5. The van der Waals surface area contributed by atoms with Gasteiger partial charge in [-0.25, -0.2) is 13.1 Å². The molecule has 0 saturated heterocycles. The van der Waals surface area contributed by atoms with Gasteiger partial charge in [0.25, 0.3) is 5.91 Å². The molecule has 1 amide bonds. The van der Waals surface area contributed by atoms with Crippen LogP contribution < -0.4 is 15.5 Å². The Morgan fingerprint density at radius 3 is 2.40 bits per heavy atom. The molecule has 0 heterocycles. The van der Waals surface area contributed by atoms with Gasteiger partial charge in [0.2, 0.25) is 10.0 Å². The molecule has 0 aliphatic rings. The second-order valence-electron chi connectivity index (χ2n) is 5.93. The van der Waals surface area contributed by atoms with Gasteiger partial charge in [-0.15, -0.1) is 0 Å². The molecule has 0 aromatic rings. The topological polar surface area (TPSA) is 93.8 Å². The summed E-state index contributed by atoms with van der Waals surface area (Å²) in [7, 11) is -0.232. The predicted molar refractivity (Wildman–Crippen MR) is 105 cm³/mol. The highest BCUT2D eigenvalue weighted by Gasteiger charge is 2.19. The molecule has 1 unspecified atom stereocenters. The largest absolute Gasteiger partial charge is 0.379 e. The fraction of sp³-hybridized carbons (Fsp3) is 0.733. The summed E-state index contributed by atoms with van der Waals surface area (Å²) in [4.78, 5) is 13.9. The molecule has 0 bridgehead atoms. The van der Waals surface area contributed by atoms with Gasteiger partial charge in [0.05, 0.1) is 0 Å². The summed E-state index contributed by atoms with van der Waals surface area (Å²) in [6, 6.07) is 0. The minimum atomic E-state index is -3.72. The van der Waals surface area contributed by atoms with Crippen molar-refractivity contribution in [2.75, 3.05) is 39.5 Å². The van der Waals surface area contributed by atoms with E-state index in [9.17, 15) is 13.2 Å². The predicted octanol–water partition coefficient (Wildman–Crippen LogP) is 0.255. The zero-order chi connectivity index (χ0) is 19.6. The molecule has 0 rings (SSSR count). The number of hydrogen-bond acceptors (Lipinski definition) is 5. The second kappa shape index (κ2) is 11.3. The maximum atomic E-state index is 12.0. The molecule has 0 fully saturated rings. The molecule has 0 aromatic heterocycles. The highest BCUT2D eigenvalue weighted by molar-refractivity contribution is 7.90. The van der Waals surface area contributed by atoms with E-state index in [-0.39, 0.29) is 12.5 Å². The average molecular weight is 394 g/mol. The second-order valence-corrected chi connectivity index (χ2v) is 8.12. The van der Waals surface area contributed by atoms with Gasteiger partial charge in [0.15, 0.2) is 5.11 Å². The third-order valence-electron chi connectivity index (χ3n) is 3.50. The molecule has 8 nitrogen and oxygen atoms in total. The van der Waals surface area contributed by atoms with Gasteiger partial charge in [-0.1, -0.05) is 13.5 Å². The zero-order valence-electron chi connectivity index (χ0n) is 15.8. The van der Waals surface area contributed by atoms with Crippen LogP contribution in [0.1, 0.15) is 27.2 Å². The molecule has 3 N–H and O–H groups in total. The molecule has 0 aliphatic carbocycles. The highest BCUT2D eigenvalue weighted by atomic mass is 32.2. The summed E-state index contributed by atoms with van der Waals surface area (Å²) in [6.45, 7) is 11.5. The number of sulfonamides is 1. The van der Waals surface area contributed by atoms with Gasteiger partial charge < -0.3 is 10.2 Å². The Kier molecular flexibility index (Phi) is 10.6. The van der Waals surface area contributed by atoms with Crippen molar-refractivity contribution in [3.8, 4) is 0 Å². The summed E-state index contributed by atoms with van der Waals surface area (Å²) in [5.41, 5.74) is 3.36. The molecule has 0 aromatic carbocycles. The molecule has 0 aliphatic heterocycles. The first-order valence-corrected chi connectivity index (χ1v) is 10.3. The maximum absolute atomic E-state index is 12.0. The van der Waals surface area contributed by atoms with E-state index < -0.39 is 21.7 Å². The fourth-order valence-electron chi connectivity index (χ4n) is 1.89. The Morgan fingerprint density at radius 1 is 1.28 bits per heavy atom. The van der Waals surface area contributed by atoms with Crippen molar-refractivity contribution in [1.82, 2.24) is 25.4 Å². The van der Waals surface area contributed by atoms with Crippen LogP contribution in [0.4, 0.5) is 0 Å². The third-order valence-corrected chi connectivity index (χ3v) is 5.16. The number of hydrogen-bond donors (Lipinski definition) is 3. The van der Waals surface area contributed by atoms with E-state index in [2.05, 4.69) is 22.0 Å². The Morgan fingerprint density at radius 2 is 1.88 bits per heavy atom. The number of rotatable bonds is 10. The van der Waals surface area contributed by atoms with Crippen LogP contribution in [0.5, 0.6) is 0 Å². The number of nitrogens with one attached hydrogen (secondary N) is 3. The van der Waals surface area contributed by atoms with Crippen molar-refractivity contribution < 1.29 is 13.2 Å². The van der Waals surface area contributed by atoms with Crippen molar-refractivity contribution in [3.63, 3.8) is 0 Å². The van der Waals surface area contributed by atoms with Gasteiger partial charge in [-0.05, 0) is 38.4 Å². The van der Waals surface area contributed by atoms with Crippen LogP contribution >= 0.6 is 12.2 Å². The average Bonchev–Trinajstić information content (AvgIpc) is 2.51. The number of allylic oxidation sites excluding steroid dienone is 1. The van der Waals surface area contributed by atoms with Crippen LogP contribution in [0.15, 0.2) is 12.3 Å². The Bertz CT molecular complexity index is 566. The van der Waals surface area contributed by atoms with E-state index in [4.69, 9.17) is 12.2 Å². The highest BCUT2D eigenvalue weighted by Crippen LogP contribution is 2.11. The van der Waals surface area contributed by atoms with E-state index in [1.807, 2.05) is 32.7 Å². The normalized spacial score (nSPS) is 12.2. The first kappa shape index (κ1) is 23.6. The number of carbonyl (C=O) groups excluding carboxylic acids is 1. The first-order valence-electron chi connectivity index (χ1n) is 8.19. The molecule has 0 spiro atoms. The minimum absolute atomic E-state index is 0.0725. The molecule has 10 heteroatoms. The van der Waals surface area contributed by atoms with Gasteiger partial charge in [0.1, 0.15) is 5.75 Å². The standard InChI is InChI=1S/C15H31N5O3S2/c1-7-16-15(24)20(6)18-14(21)11-25(22,23)17-10-12(3)9-13(4)19(5)8-2/h12,17H,4,7-11H2,1-3,5-6H3,(H,16,24)(H,18,21). The fourth-order valence-corrected chi connectivity index (χ4v) is 3.13. The van der Waals surface area contributed by atoms with Crippen LogP contribution in [0.25, 0.3) is 0 Å². The SMILES string of the molecule is C=C(CC(C)CNS(=O)(=O)CC(=O)NN(C)C(=S)NCC)N(C)CC. The summed E-state index contributed by atoms with van der Waals surface area (Å²) < 4.78 is 26.5. The van der Waals surface area contributed by atoms with Crippen molar-refractivity contribution >= 4 is 33.3 Å². The van der Waals surface area contributed by atoms with E-state index in [1.165, 1.54) is 5.01 Å². The molecular formula is C15H31N5O3S2. The molecule has 0 radical (unpaired) electrons. The Hall–Kier alpha value is -1.39. The number of amides is 1. The van der Waals surface area contributed by atoms with Gasteiger partial charge in [-0.3, -0.25) is 15.2 Å². The van der Waals surface area contributed by atoms with E-state index in [1.54, 1.807) is 7.05 Å². The third kappa shape index (κ3) is 10.3. The van der Waals surface area contributed by atoms with E-state index in [0.29, 0.717) is 18.1 Å². The minimum Gasteiger partial charge on any atom is -0.379 e. The van der Waals surface area contributed by atoms with Gasteiger partial charge in [0, 0.05) is 39.4 Å². The lowest BCUT2D eigenvalue weighted by Crippen LogP contribution is -2.50. The van der Waals surface area contributed by atoms with Crippen molar-refractivity contribution in [2.45, 2.75) is 27.2 Å². The molecule has 146 valence electrons. The Balaban J connectivity index is 4.38. The van der Waals surface area contributed by atoms with Crippen LogP contribution in [0, 0.1) is 5.92 Å². The lowest BCUT2D eigenvalue weighted by molar-refractivity contribution is -0.121. The summed E-state index contributed by atoms with van der Waals surface area (Å²) in [5, 5.41) is 4.45. The lowest BCUT2D eigenvalue weighted by Gasteiger charge is -2.23. The van der Waals surface area contributed by atoms with E-state index >= 15 is 0 Å². The zero-order valence-corrected chi connectivity index (χ0v) is 17.4. The van der Waals surface area contributed by atoms with Gasteiger partial charge in [-0.2, -0.15) is 0 Å². The summed E-state index contributed by atoms with van der Waals surface area (Å²) in [6.07, 6.45) is 0.679. The van der Waals surface area contributed by atoms with Crippen molar-refractivity contribution in [3.05, 3.63) is 12.3 Å². The molecule has 25 heavy (non-hydrogen) atoms. The van der Waals surface area contributed by atoms with Crippen LogP contribution in [-0.2, 0) is 14.8 Å². The van der Waals surface area contributed by atoms with Crippen molar-refractivity contribution in [1.29, 1.82) is 0 Å². The van der Waals surface area contributed by atoms with Gasteiger partial charge >= 0.3 is 0 Å². The van der Waals surface area contributed by atoms with Crippen LogP contribution in [0.3, 0.4) is 0 Å². The van der Waals surface area contributed by atoms with Crippen LogP contribution in [0.2, 0.25) is 0 Å². The Labute approximate surface area is 157 Å². The maximum Gasteiger partial charge on any atom is 0.255 e. The van der Waals surface area contributed by atoms with Crippen LogP contribution in [-0.4, -0.2) is 68.8 Å². The monoisotopic (exact) mass is 393 g/mol. The molecule has 1 atom stereocenters. The summed E-state index contributed by atoms with van der Waals surface area (Å²) >= 11 is 5.01.